The first kappa shape index (κ1) is 15.4. The molecule has 0 bridgehead atoms. The number of carbonyl (C=O) groups is 2. The highest BCUT2D eigenvalue weighted by atomic mass is 32.1. The highest BCUT2D eigenvalue weighted by Crippen LogP contribution is 2.26. The Bertz CT molecular complexity index is 729. The SMILES string of the molecule is COC(=O)Oc1ccccc1C(=O)Nc1ncc([N+](=O)[O-])s1. The number of nitrogens with zero attached hydrogens (tertiary/aromatic N) is 2. The minimum Gasteiger partial charge on any atom is -0.437 e. The standard InChI is InChI=1S/C12H9N3O6S/c1-20-12(17)21-8-5-3-2-4-7(8)10(16)14-11-13-6-9(22-11)15(18)19/h2-6H,1H3,(H,13,14,16). The number of nitrogens with one attached hydrogen (secondary N) is 1. The van der Waals surface area contributed by atoms with Crippen LogP contribution in [0.5, 0.6) is 5.75 Å². The number of ether oxygens (including phenoxy) is 2. The van der Waals surface area contributed by atoms with Gasteiger partial charge in [-0.2, -0.15) is 0 Å². The summed E-state index contributed by atoms with van der Waals surface area (Å²) in [6.07, 6.45) is 0.0714. The maximum atomic E-state index is 12.1. The van der Waals surface area contributed by atoms with Crippen LogP contribution in [-0.2, 0) is 4.74 Å². The number of amides is 1. The molecule has 2 rings (SSSR count). The molecule has 0 aliphatic rings. The van der Waals surface area contributed by atoms with Gasteiger partial charge in [0, 0.05) is 0 Å². The number of hydrogen-bond donors (Lipinski definition) is 1. The van der Waals surface area contributed by atoms with Crippen molar-refractivity contribution >= 4 is 33.5 Å². The molecule has 1 heterocycles. The Kier molecular flexibility index (Phi) is 4.63. The molecule has 22 heavy (non-hydrogen) atoms. The predicted octanol–water partition coefficient (Wildman–Crippen LogP) is 2.45. The second-order valence-corrected chi connectivity index (χ2v) is 4.78. The molecule has 1 aromatic carbocycles. The van der Waals surface area contributed by atoms with Crippen LogP contribution in [0, 0.1) is 10.1 Å². The third-order valence-corrected chi connectivity index (χ3v) is 3.25. The van der Waals surface area contributed by atoms with Crippen LogP contribution in [0.15, 0.2) is 30.5 Å². The van der Waals surface area contributed by atoms with Crippen molar-refractivity contribution in [1.82, 2.24) is 4.98 Å². The lowest BCUT2D eigenvalue weighted by Gasteiger charge is -2.08. The number of nitro groups is 1. The van der Waals surface area contributed by atoms with Crippen LogP contribution < -0.4 is 10.1 Å². The fraction of sp³-hybridized carbons (Fsp3) is 0.0833. The molecule has 1 aromatic heterocycles. The van der Waals surface area contributed by atoms with E-state index in [0.29, 0.717) is 11.3 Å². The minimum atomic E-state index is -0.967. The van der Waals surface area contributed by atoms with E-state index in [4.69, 9.17) is 4.74 Å². The Morgan fingerprint density at radius 3 is 2.73 bits per heavy atom. The van der Waals surface area contributed by atoms with Gasteiger partial charge in [0.05, 0.1) is 17.6 Å². The zero-order valence-electron chi connectivity index (χ0n) is 11.1. The molecule has 114 valence electrons. The van der Waals surface area contributed by atoms with Gasteiger partial charge in [-0.25, -0.2) is 9.78 Å². The first-order valence-electron chi connectivity index (χ1n) is 5.77. The van der Waals surface area contributed by atoms with Gasteiger partial charge in [0.1, 0.15) is 11.9 Å². The van der Waals surface area contributed by atoms with Crippen molar-refractivity contribution in [2.45, 2.75) is 0 Å². The average molecular weight is 323 g/mol. The highest BCUT2D eigenvalue weighted by Gasteiger charge is 2.18. The van der Waals surface area contributed by atoms with Crippen LogP contribution in [-0.4, -0.2) is 29.1 Å². The summed E-state index contributed by atoms with van der Waals surface area (Å²) < 4.78 is 9.21. The predicted molar refractivity (Wildman–Crippen MR) is 76.2 cm³/mol. The molecular formula is C12H9N3O6S. The van der Waals surface area contributed by atoms with Crippen molar-refractivity contribution in [3.63, 3.8) is 0 Å². The molecule has 1 N–H and O–H groups in total. The fourth-order valence-corrected chi connectivity index (χ4v) is 2.07. The van der Waals surface area contributed by atoms with Crippen molar-refractivity contribution in [3.8, 4) is 5.75 Å². The molecule has 0 atom stereocenters. The van der Waals surface area contributed by atoms with Gasteiger partial charge in [-0.15, -0.1) is 0 Å². The minimum absolute atomic E-state index is 0.00194. The van der Waals surface area contributed by atoms with Crippen LogP contribution in [0.3, 0.4) is 0 Å². The van der Waals surface area contributed by atoms with Gasteiger partial charge in [-0.3, -0.25) is 20.2 Å². The molecule has 0 spiro atoms. The molecule has 0 fully saturated rings. The normalized spacial score (nSPS) is 9.86. The molecule has 0 saturated carbocycles. The van der Waals surface area contributed by atoms with Gasteiger partial charge in [0.15, 0.2) is 5.13 Å². The summed E-state index contributed by atoms with van der Waals surface area (Å²) in [5.41, 5.74) is 0.0609. The summed E-state index contributed by atoms with van der Waals surface area (Å²) in [5, 5.41) is 12.8. The number of methoxy groups -OCH3 is 1. The Morgan fingerprint density at radius 2 is 2.09 bits per heavy atom. The first-order chi connectivity index (χ1) is 10.5. The van der Waals surface area contributed by atoms with Crippen molar-refractivity contribution in [3.05, 3.63) is 46.1 Å². The number of thiazole rings is 1. The second kappa shape index (κ2) is 6.63. The Hall–Kier alpha value is -3.01. The Morgan fingerprint density at radius 1 is 1.36 bits per heavy atom. The monoisotopic (exact) mass is 323 g/mol. The first-order valence-corrected chi connectivity index (χ1v) is 6.59. The number of carbonyl (C=O) groups excluding carboxylic acids is 2. The molecule has 0 aliphatic heterocycles. The summed E-state index contributed by atoms with van der Waals surface area (Å²) in [5.74, 6) is -0.623. The number of rotatable bonds is 4. The Labute approximate surface area is 127 Å². The van der Waals surface area contributed by atoms with Gasteiger partial charge in [0.25, 0.3) is 5.91 Å². The van der Waals surface area contributed by atoms with E-state index in [1.807, 2.05) is 0 Å². The lowest BCUT2D eigenvalue weighted by molar-refractivity contribution is -0.380. The highest BCUT2D eigenvalue weighted by molar-refractivity contribution is 7.18. The van der Waals surface area contributed by atoms with E-state index in [1.54, 1.807) is 12.1 Å². The molecule has 0 saturated heterocycles. The lowest BCUT2D eigenvalue weighted by Crippen LogP contribution is -2.15. The lowest BCUT2D eigenvalue weighted by atomic mass is 10.2. The van der Waals surface area contributed by atoms with E-state index in [0.717, 1.165) is 13.3 Å². The number of anilines is 1. The topological polar surface area (TPSA) is 121 Å². The smallest absolute Gasteiger partial charge is 0.437 e. The van der Waals surface area contributed by atoms with Crippen molar-refractivity contribution < 1.29 is 24.0 Å². The van der Waals surface area contributed by atoms with E-state index in [1.165, 1.54) is 12.1 Å². The van der Waals surface area contributed by atoms with Gasteiger partial charge in [-0.1, -0.05) is 12.1 Å². The second-order valence-electron chi connectivity index (χ2n) is 3.77. The molecular weight excluding hydrogens is 314 g/mol. The summed E-state index contributed by atoms with van der Waals surface area (Å²) in [7, 11) is 1.14. The van der Waals surface area contributed by atoms with Crippen LogP contribution in [0.4, 0.5) is 14.9 Å². The summed E-state index contributed by atoms with van der Waals surface area (Å²) in [6, 6.07) is 5.98. The van der Waals surface area contributed by atoms with Crippen molar-refractivity contribution in [2.24, 2.45) is 0 Å². The maximum absolute atomic E-state index is 12.1. The molecule has 2 aromatic rings. The molecule has 9 nitrogen and oxygen atoms in total. The van der Waals surface area contributed by atoms with Gasteiger partial charge < -0.3 is 9.47 Å². The van der Waals surface area contributed by atoms with Gasteiger partial charge in [-0.05, 0) is 23.5 Å². The quantitative estimate of drug-likeness (QED) is 0.397. The van der Waals surface area contributed by atoms with Gasteiger partial charge >= 0.3 is 11.2 Å². The zero-order valence-corrected chi connectivity index (χ0v) is 12.0. The molecule has 0 radical (unpaired) electrons. The average Bonchev–Trinajstić information content (AvgIpc) is 2.96. The van der Waals surface area contributed by atoms with E-state index in [9.17, 15) is 19.7 Å². The number of benzene rings is 1. The van der Waals surface area contributed by atoms with Crippen LogP contribution in [0.2, 0.25) is 0 Å². The van der Waals surface area contributed by atoms with Crippen molar-refractivity contribution in [2.75, 3.05) is 12.4 Å². The largest absolute Gasteiger partial charge is 0.513 e. The third-order valence-electron chi connectivity index (χ3n) is 2.39. The van der Waals surface area contributed by atoms with Crippen LogP contribution >= 0.6 is 11.3 Å². The van der Waals surface area contributed by atoms with Crippen molar-refractivity contribution in [1.29, 1.82) is 0 Å². The van der Waals surface area contributed by atoms with Gasteiger partial charge in [0.2, 0.25) is 0 Å². The number of para-hydroxylation sites is 1. The number of aromatic nitrogens is 1. The molecule has 0 aliphatic carbocycles. The third kappa shape index (κ3) is 3.55. The number of hydrogen-bond acceptors (Lipinski definition) is 8. The molecule has 1 amide bonds. The van der Waals surface area contributed by atoms with E-state index < -0.39 is 17.0 Å². The van der Waals surface area contributed by atoms with E-state index in [2.05, 4.69) is 15.0 Å². The fourth-order valence-electron chi connectivity index (χ4n) is 1.45. The Balaban J connectivity index is 2.18. The van der Waals surface area contributed by atoms with Crippen LogP contribution in [0.1, 0.15) is 10.4 Å². The maximum Gasteiger partial charge on any atom is 0.513 e. The summed E-state index contributed by atoms with van der Waals surface area (Å²) in [4.78, 5) is 37.0. The summed E-state index contributed by atoms with van der Waals surface area (Å²) in [6.45, 7) is 0. The van der Waals surface area contributed by atoms with E-state index >= 15 is 0 Å². The molecule has 10 heteroatoms. The summed E-state index contributed by atoms with van der Waals surface area (Å²) >= 11 is 0.714. The zero-order chi connectivity index (χ0) is 16.1. The molecule has 0 unspecified atom stereocenters. The van der Waals surface area contributed by atoms with E-state index in [-0.39, 0.29) is 21.4 Å². The van der Waals surface area contributed by atoms with Crippen LogP contribution in [0.25, 0.3) is 0 Å².